The average Bonchev–Trinajstić information content (AvgIpc) is 2.46. The van der Waals surface area contributed by atoms with Crippen LogP contribution in [-0.2, 0) is 0 Å². The molecule has 0 radical (unpaired) electrons. The van der Waals surface area contributed by atoms with Crippen molar-refractivity contribution in [3.8, 4) is 0 Å². The largest absolute Gasteiger partial charge is 0.313 e. The molecule has 1 aromatic carbocycles. The topological polar surface area (TPSA) is 12.0 Å². The fraction of sp³-hybridized carbons (Fsp3) is 0.625. The van der Waals surface area contributed by atoms with Gasteiger partial charge in [-0.2, -0.15) is 11.8 Å². The molecule has 1 fully saturated rings. The molecular weight excluding hydrogens is 238 g/mol. The van der Waals surface area contributed by atoms with Crippen molar-refractivity contribution in [1.29, 1.82) is 0 Å². The summed E-state index contributed by atoms with van der Waals surface area (Å²) in [6.45, 7) is 3.43. The number of hydrogen-bond donors (Lipinski definition) is 1. The first-order valence-electron chi connectivity index (χ1n) is 7.10. The minimum Gasteiger partial charge on any atom is -0.313 e. The van der Waals surface area contributed by atoms with Crippen LogP contribution in [0.3, 0.4) is 0 Å². The quantitative estimate of drug-likeness (QED) is 0.860. The Kier molecular flexibility index (Phi) is 5.58. The lowest BCUT2D eigenvalue weighted by Gasteiger charge is -2.29. The van der Waals surface area contributed by atoms with Crippen molar-refractivity contribution in [2.75, 3.05) is 12.8 Å². The van der Waals surface area contributed by atoms with Gasteiger partial charge in [-0.25, -0.2) is 0 Å². The molecule has 1 unspecified atom stereocenters. The lowest BCUT2D eigenvalue weighted by atomic mass is 9.94. The Morgan fingerprint density at radius 1 is 1.17 bits per heavy atom. The van der Waals surface area contributed by atoms with Crippen LogP contribution in [0.1, 0.15) is 44.1 Å². The molecule has 0 bridgehead atoms. The van der Waals surface area contributed by atoms with E-state index in [1.54, 1.807) is 0 Å². The third-order valence-corrected chi connectivity index (χ3v) is 5.23. The van der Waals surface area contributed by atoms with Crippen LogP contribution in [0, 0.1) is 0 Å². The Bertz CT molecular complexity index is 330. The van der Waals surface area contributed by atoms with E-state index in [-0.39, 0.29) is 0 Å². The molecule has 0 heterocycles. The maximum Gasteiger partial charge on any atom is 0.00681 e. The molecule has 1 nitrogen and oxygen atoms in total. The van der Waals surface area contributed by atoms with Gasteiger partial charge in [0.1, 0.15) is 0 Å². The van der Waals surface area contributed by atoms with E-state index < -0.39 is 0 Å². The highest BCUT2D eigenvalue weighted by Crippen LogP contribution is 2.27. The van der Waals surface area contributed by atoms with Crippen LogP contribution in [0.4, 0.5) is 0 Å². The van der Waals surface area contributed by atoms with Gasteiger partial charge in [0, 0.05) is 17.8 Å². The summed E-state index contributed by atoms with van der Waals surface area (Å²) in [6.07, 6.45) is 7.73. The van der Waals surface area contributed by atoms with E-state index in [0.29, 0.717) is 5.92 Å². The van der Waals surface area contributed by atoms with Gasteiger partial charge in [-0.05, 0) is 43.4 Å². The van der Waals surface area contributed by atoms with Gasteiger partial charge in [-0.1, -0.05) is 37.3 Å². The van der Waals surface area contributed by atoms with Crippen molar-refractivity contribution in [2.24, 2.45) is 0 Å². The molecule has 1 atom stereocenters. The molecule has 0 saturated heterocycles. The minimum atomic E-state index is 0.615. The van der Waals surface area contributed by atoms with Gasteiger partial charge in [0.05, 0.1) is 0 Å². The van der Waals surface area contributed by atoms with E-state index in [1.165, 1.54) is 31.2 Å². The smallest absolute Gasteiger partial charge is 0.00681 e. The highest BCUT2D eigenvalue weighted by atomic mass is 32.2. The molecule has 1 saturated carbocycles. The van der Waals surface area contributed by atoms with E-state index in [9.17, 15) is 0 Å². The Morgan fingerprint density at radius 3 is 2.44 bits per heavy atom. The summed E-state index contributed by atoms with van der Waals surface area (Å²) in [6, 6.07) is 11.6. The maximum atomic E-state index is 3.76. The molecule has 0 aliphatic heterocycles. The van der Waals surface area contributed by atoms with Gasteiger partial charge in [0.2, 0.25) is 0 Å². The first-order chi connectivity index (χ1) is 8.79. The maximum absolute atomic E-state index is 3.76. The highest BCUT2D eigenvalue weighted by molar-refractivity contribution is 7.99. The highest BCUT2D eigenvalue weighted by Gasteiger charge is 2.20. The summed E-state index contributed by atoms with van der Waals surface area (Å²) in [5.41, 5.74) is 1.45. The second-order valence-corrected chi connectivity index (χ2v) is 6.57. The van der Waals surface area contributed by atoms with Crippen LogP contribution < -0.4 is 5.32 Å². The normalized spacial score (nSPS) is 25.9. The number of rotatable bonds is 5. The zero-order valence-corrected chi connectivity index (χ0v) is 12.4. The third-order valence-electron chi connectivity index (χ3n) is 4.09. The van der Waals surface area contributed by atoms with Crippen molar-refractivity contribution in [3.63, 3.8) is 0 Å². The molecule has 0 spiro atoms. The summed E-state index contributed by atoms with van der Waals surface area (Å²) in [7, 11) is 0. The van der Waals surface area contributed by atoms with Crippen molar-refractivity contribution >= 4 is 11.8 Å². The Labute approximate surface area is 116 Å². The Balaban J connectivity index is 1.72. The summed E-state index contributed by atoms with van der Waals surface area (Å²) >= 11 is 2.04. The van der Waals surface area contributed by atoms with Gasteiger partial charge >= 0.3 is 0 Å². The SMILES string of the molecule is CSC1CCC(NCC(C)c2ccccc2)CC1. The molecule has 1 N–H and O–H groups in total. The number of nitrogens with one attached hydrogen (secondary N) is 1. The molecule has 100 valence electrons. The fourth-order valence-electron chi connectivity index (χ4n) is 2.75. The fourth-order valence-corrected chi connectivity index (χ4v) is 3.49. The second kappa shape index (κ2) is 7.20. The molecule has 2 rings (SSSR count). The van der Waals surface area contributed by atoms with Gasteiger partial charge in [-0.3, -0.25) is 0 Å². The monoisotopic (exact) mass is 263 g/mol. The minimum absolute atomic E-state index is 0.615. The summed E-state index contributed by atoms with van der Waals surface area (Å²) in [5, 5.41) is 4.67. The van der Waals surface area contributed by atoms with E-state index in [0.717, 1.165) is 17.8 Å². The molecule has 1 aromatic rings. The number of benzene rings is 1. The predicted octanol–water partition coefficient (Wildman–Crippen LogP) is 4.05. The molecule has 18 heavy (non-hydrogen) atoms. The van der Waals surface area contributed by atoms with E-state index in [4.69, 9.17) is 0 Å². The van der Waals surface area contributed by atoms with Gasteiger partial charge < -0.3 is 5.32 Å². The molecule has 0 amide bonds. The van der Waals surface area contributed by atoms with Crippen molar-refractivity contribution in [3.05, 3.63) is 35.9 Å². The van der Waals surface area contributed by atoms with Crippen LogP contribution in [-0.4, -0.2) is 24.1 Å². The van der Waals surface area contributed by atoms with Crippen LogP contribution in [0.25, 0.3) is 0 Å². The standard InChI is InChI=1S/C16H25NS/c1-13(14-6-4-3-5-7-14)12-17-15-8-10-16(18-2)11-9-15/h3-7,13,15-17H,8-12H2,1-2H3. The lowest BCUT2D eigenvalue weighted by Crippen LogP contribution is -2.35. The lowest BCUT2D eigenvalue weighted by molar-refractivity contribution is 0.374. The summed E-state index contributed by atoms with van der Waals surface area (Å²) in [4.78, 5) is 0. The zero-order valence-electron chi connectivity index (χ0n) is 11.6. The number of hydrogen-bond acceptors (Lipinski definition) is 2. The molecular formula is C16H25NS. The first kappa shape index (κ1) is 14.0. The Hall–Kier alpha value is -0.470. The second-order valence-electron chi connectivity index (χ2n) is 5.43. The Morgan fingerprint density at radius 2 is 1.83 bits per heavy atom. The van der Waals surface area contributed by atoms with Crippen molar-refractivity contribution in [2.45, 2.75) is 49.8 Å². The van der Waals surface area contributed by atoms with Crippen LogP contribution in [0.5, 0.6) is 0 Å². The van der Waals surface area contributed by atoms with Gasteiger partial charge in [0.25, 0.3) is 0 Å². The predicted molar refractivity (Wildman–Crippen MR) is 82.4 cm³/mol. The molecule has 1 aliphatic rings. The summed E-state index contributed by atoms with van der Waals surface area (Å²) < 4.78 is 0. The van der Waals surface area contributed by atoms with Crippen molar-refractivity contribution < 1.29 is 0 Å². The van der Waals surface area contributed by atoms with E-state index in [2.05, 4.69) is 48.8 Å². The number of thioether (sulfide) groups is 1. The molecule has 2 heteroatoms. The van der Waals surface area contributed by atoms with E-state index >= 15 is 0 Å². The van der Waals surface area contributed by atoms with Gasteiger partial charge in [-0.15, -0.1) is 0 Å². The van der Waals surface area contributed by atoms with Crippen LogP contribution >= 0.6 is 11.8 Å². The zero-order chi connectivity index (χ0) is 12.8. The third kappa shape index (κ3) is 4.03. The van der Waals surface area contributed by atoms with E-state index in [1.807, 2.05) is 11.8 Å². The molecule has 1 aliphatic carbocycles. The van der Waals surface area contributed by atoms with Crippen molar-refractivity contribution in [1.82, 2.24) is 5.32 Å². The first-order valence-corrected chi connectivity index (χ1v) is 8.39. The van der Waals surface area contributed by atoms with Crippen LogP contribution in [0.15, 0.2) is 30.3 Å². The van der Waals surface area contributed by atoms with Crippen LogP contribution in [0.2, 0.25) is 0 Å². The summed E-state index contributed by atoms with van der Waals surface area (Å²) in [5.74, 6) is 0.615. The van der Waals surface area contributed by atoms with Gasteiger partial charge in [0.15, 0.2) is 0 Å². The average molecular weight is 263 g/mol. The molecule has 0 aromatic heterocycles.